The smallest absolute Gasteiger partial charge is 0.250 e. The van der Waals surface area contributed by atoms with E-state index >= 15 is 0 Å². The fourth-order valence-corrected chi connectivity index (χ4v) is 2.47. The molecule has 0 radical (unpaired) electrons. The minimum absolute atomic E-state index is 0.0200. The number of amides is 1. The summed E-state index contributed by atoms with van der Waals surface area (Å²) in [5.74, 6) is -0.277. The summed E-state index contributed by atoms with van der Waals surface area (Å²) < 4.78 is 31.0. The van der Waals surface area contributed by atoms with Crippen LogP contribution in [0.2, 0.25) is 0 Å². The van der Waals surface area contributed by atoms with Gasteiger partial charge in [0.2, 0.25) is 15.9 Å². The van der Waals surface area contributed by atoms with Crippen molar-refractivity contribution in [1.29, 1.82) is 0 Å². The molecule has 7 heteroatoms. The summed E-state index contributed by atoms with van der Waals surface area (Å²) in [6.45, 7) is 5.69. The lowest BCUT2D eigenvalue weighted by Gasteiger charge is -2.09. The molecule has 0 saturated heterocycles. The van der Waals surface area contributed by atoms with Gasteiger partial charge in [0.15, 0.2) is 0 Å². The van der Waals surface area contributed by atoms with Gasteiger partial charge < -0.3 is 10.1 Å². The van der Waals surface area contributed by atoms with E-state index in [1.807, 2.05) is 13.8 Å². The van der Waals surface area contributed by atoms with Crippen LogP contribution in [0.15, 0.2) is 29.2 Å². The highest BCUT2D eigenvalue weighted by Crippen LogP contribution is 2.13. The molecule has 1 aromatic rings. The fourth-order valence-electron chi connectivity index (χ4n) is 1.43. The van der Waals surface area contributed by atoms with Gasteiger partial charge in [-0.25, -0.2) is 13.1 Å². The lowest BCUT2D eigenvalue weighted by atomic mass is 10.3. The lowest BCUT2D eigenvalue weighted by Crippen LogP contribution is -2.23. The van der Waals surface area contributed by atoms with Gasteiger partial charge in [-0.2, -0.15) is 0 Å². The molecular weight excluding hydrogens is 280 g/mol. The van der Waals surface area contributed by atoms with E-state index in [0.29, 0.717) is 12.2 Å². The first-order valence-corrected chi connectivity index (χ1v) is 7.84. The number of carbonyl (C=O) groups is 1. The summed E-state index contributed by atoms with van der Waals surface area (Å²) in [7, 11) is -3.46. The second-order valence-corrected chi connectivity index (χ2v) is 6.20. The SMILES string of the molecule is CCNS(=O)(=O)c1ccc(NC(=O)COC(C)C)cc1. The molecule has 0 spiro atoms. The number of hydrogen-bond donors (Lipinski definition) is 2. The van der Waals surface area contributed by atoms with Crippen molar-refractivity contribution >= 4 is 21.6 Å². The zero-order valence-corrected chi connectivity index (χ0v) is 12.7. The Kier molecular flexibility index (Phi) is 6.12. The van der Waals surface area contributed by atoms with Gasteiger partial charge >= 0.3 is 0 Å². The maximum absolute atomic E-state index is 11.7. The van der Waals surface area contributed by atoms with E-state index in [1.165, 1.54) is 24.3 Å². The highest BCUT2D eigenvalue weighted by Gasteiger charge is 2.12. The van der Waals surface area contributed by atoms with Crippen LogP contribution >= 0.6 is 0 Å². The van der Waals surface area contributed by atoms with Gasteiger partial charge in [-0.05, 0) is 38.1 Å². The normalized spacial score (nSPS) is 11.6. The maximum atomic E-state index is 11.7. The molecule has 20 heavy (non-hydrogen) atoms. The number of sulfonamides is 1. The number of anilines is 1. The summed E-state index contributed by atoms with van der Waals surface area (Å²) in [4.78, 5) is 11.7. The fraction of sp³-hybridized carbons (Fsp3) is 0.462. The van der Waals surface area contributed by atoms with Crippen molar-refractivity contribution < 1.29 is 17.9 Å². The van der Waals surface area contributed by atoms with E-state index in [4.69, 9.17) is 4.74 Å². The predicted molar refractivity (Wildman–Crippen MR) is 77.0 cm³/mol. The van der Waals surface area contributed by atoms with Crippen LogP contribution < -0.4 is 10.0 Å². The highest BCUT2D eigenvalue weighted by atomic mass is 32.2. The van der Waals surface area contributed by atoms with Crippen LogP contribution in [0.5, 0.6) is 0 Å². The van der Waals surface area contributed by atoms with Crippen molar-refractivity contribution in [3.63, 3.8) is 0 Å². The third-order valence-electron chi connectivity index (χ3n) is 2.33. The minimum atomic E-state index is -3.46. The number of carbonyl (C=O) groups excluding carboxylic acids is 1. The van der Waals surface area contributed by atoms with Gasteiger partial charge in [0.25, 0.3) is 0 Å². The summed E-state index contributed by atoms with van der Waals surface area (Å²) in [6, 6.07) is 5.96. The first kappa shape index (κ1) is 16.6. The van der Waals surface area contributed by atoms with Crippen molar-refractivity contribution in [3.8, 4) is 0 Å². The average Bonchev–Trinajstić information content (AvgIpc) is 2.37. The molecule has 112 valence electrons. The van der Waals surface area contributed by atoms with Crippen LogP contribution in [0.4, 0.5) is 5.69 Å². The largest absolute Gasteiger partial charge is 0.369 e. The molecule has 0 saturated carbocycles. The second-order valence-electron chi connectivity index (χ2n) is 4.43. The molecule has 0 bridgehead atoms. The monoisotopic (exact) mass is 300 g/mol. The zero-order valence-electron chi connectivity index (χ0n) is 11.8. The van der Waals surface area contributed by atoms with Crippen LogP contribution in [0.3, 0.4) is 0 Å². The van der Waals surface area contributed by atoms with Crippen molar-refractivity contribution in [2.45, 2.75) is 31.8 Å². The number of hydrogen-bond acceptors (Lipinski definition) is 4. The standard InChI is InChI=1S/C13H20N2O4S/c1-4-14-20(17,18)12-7-5-11(6-8-12)15-13(16)9-19-10(2)3/h5-8,10,14H,4,9H2,1-3H3,(H,15,16). The van der Waals surface area contributed by atoms with Gasteiger partial charge in [-0.3, -0.25) is 4.79 Å². The summed E-state index contributed by atoms with van der Waals surface area (Å²) in [6.07, 6.45) is -0.0200. The molecule has 0 aliphatic rings. The molecule has 0 fully saturated rings. The van der Waals surface area contributed by atoms with E-state index < -0.39 is 10.0 Å². The Balaban J connectivity index is 2.65. The molecule has 0 atom stereocenters. The Morgan fingerprint density at radius 1 is 1.25 bits per heavy atom. The third kappa shape index (κ3) is 5.28. The molecule has 0 aliphatic heterocycles. The van der Waals surface area contributed by atoms with E-state index in [-0.39, 0.29) is 23.5 Å². The number of ether oxygens (including phenoxy) is 1. The predicted octanol–water partition coefficient (Wildman–Crippen LogP) is 1.35. The van der Waals surface area contributed by atoms with Crippen molar-refractivity contribution in [2.24, 2.45) is 0 Å². The van der Waals surface area contributed by atoms with Crippen LogP contribution in [-0.2, 0) is 19.6 Å². The maximum Gasteiger partial charge on any atom is 0.250 e. The molecular formula is C13H20N2O4S. The Morgan fingerprint density at radius 3 is 2.35 bits per heavy atom. The van der Waals surface area contributed by atoms with Crippen molar-refractivity contribution in [3.05, 3.63) is 24.3 Å². The number of nitrogens with one attached hydrogen (secondary N) is 2. The Morgan fingerprint density at radius 2 is 1.85 bits per heavy atom. The quantitative estimate of drug-likeness (QED) is 0.796. The van der Waals surface area contributed by atoms with E-state index in [2.05, 4.69) is 10.0 Å². The zero-order chi connectivity index (χ0) is 15.2. The van der Waals surface area contributed by atoms with Gasteiger partial charge in [0.1, 0.15) is 6.61 Å². The Labute approximate surface area is 119 Å². The topological polar surface area (TPSA) is 84.5 Å². The summed E-state index contributed by atoms with van der Waals surface area (Å²) in [5, 5.41) is 2.63. The van der Waals surface area contributed by atoms with Gasteiger partial charge in [0, 0.05) is 12.2 Å². The van der Waals surface area contributed by atoms with Gasteiger partial charge in [0.05, 0.1) is 11.0 Å². The number of rotatable bonds is 7. The number of benzene rings is 1. The lowest BCUT2D eigenvalue weighted by molar-refractivity contribution is -0.121. The van der Waals surface area contributed by atoms with E-state index in [1.54, 1.807) is 6.92 Å². The van der Waals surface area contributed by atoms with E-state index in [9.17, 15) is 13.2 Å². The van der Waals surface area contributed by atoms with Crippen molar-refractivity contribution in [2.75, 3.05) is 18.5 Å². The van der Waals surface area contributed by atoms with Crippen LogP contribution in [0.25, 0.3) is 0 Å². The average molecular weight is 300 g/mol. The van der Waals surface area contributed by atoms with Crippen LogP contribution in [0.1, 0.15) is 20.8 Å². The van der Waals surface area contributed by atoms with Crippen LogP contribution in [-0.4, -0.2) is 33.6 Å². The summed E-state index contributed by atoms with van der Waals surface area (Å²) in [5.41, 5.74) is 0.526. The first-order valence-electron chi connectivity index (χ1n) is 6.36. The Bertz CT molecular complexity index is 538. The third-order valence-corrected chi connectivity index (χ3v) is 3.89. The molecule has 0 aliphatic carbocycles. The van der Waals surface area contributed by atoms with Gasteiger partial charge in [-0.15, -0.1) is 0 Å². The molecule has 0 heterocycles. The van der Waals surface area contributed by atoms with Crippen LogP contribution in [0, 0.1) is 0 Å². The molecule has 0 aromatic heterocycles. The van der Waals surface area contributed by atoms with E-state index in [0.717, 1.165) is 0 Å². The molecule has 1 aromatic carbocycles. The first-order chi connectivity index (χ1) is 9.35. The highest BCUT2D eigenvalue weighted by molar-refractivity contribution is 7.89. The molecule has 1 rings (SSSR count). The minimum Gasteiger partial charge on any atom is -0.369 e. The van der Waals surface area contributed by atoms with Gasteiger partial charge in [-0.1, -0.05) is 6.92 Å². The molecule has 0 unspecified atom stereocenters. The second kappa shape index (κ2) is 7.37. The molecule has 6 nitrogen and oxygen atoms in total. The van der Waals surface area contributed by atoms with Crippen molar-refractivity contribution in [1.82, 2.24) is 4.72 Å². The molecule has 2 N–H and O–H groups in total. The molecule has 1 amide bonds. The Hall–Kier alpha value is -1.44. The summed E-state index contributed by atoms with van der Waals surface area (Å²) >= 11 is 0.